The van der Waals surface area contributed by atoms with E-state index in [0.717, 1.165) is 0 Å². The van der Waals surface area contributed by atoms with Crippen LogP contribution in [0.2, 0.25) is 0 Å². The normalized spacial score (nSPS) is 10.5. The quantitative estimate of drug-likeness (QED) is 0.498. The number of amides is 1. The fourth-order valence-corrected chi connectivity index (χ4v) is 0.610. The minimum absolute atomic E-state index is 0.419. The Balaban J connectivity index is 2.79. The van der Waals surface area contributed by atoms with Crippen molar-refractivity contribution in [2.45, 2.75) is 0 Å². The van der Waals surface area contributed by atoms with Crippen molar-refractivity contribution in [3.8, 4) is 0 Å². The van der Waals surface area contributed by atoms with E-state index in [-0.39, 0.29) is 0 Å². The molecule has 1 heterocycles. The SMILES string of the molecule is NC(=O)C=Cc1cn[nH]c1N. The van der Waals surface area contributed by atoms with E-state index in [0.29, 0.717) is 11.4 Å². The van der Waals surface area contributed by atoms with Crippen LogP contribution in [0, 0.1) is 0 Å². The summed E-state index contributed by atoms with van der Waals surface area (Å²) in [4.78, 5) is 10.3. The van der Waals surface area contributed by atoms with Gasteiger partial charge in [-0.05, 0) is 6.08 Å². The molecule has 0 spiro atoms. The predicted molar refractivity (Wildman–Crippen MR) is 41.2 cm³/mol. The maximum absolute atomic E-state index is 10.3. The summed E-state index contributed by atoms with van der Waals surface area (Å²) in [5.41, 5.74) is 10.9. The lowest BCUT2D eigenvalue weighted by molar-refractivity contribution is -0.113. The number of carbonyl (C=O) groups excluding carboxylic acids is 1. The number of aromatic amines is 1. The predicted octanol–water partition coefficient (Wildman–Crippen LogP) is -0.510. The number of nitrogens with zero attached hydrogens (tertiary/aromatic N) is 1. The monoisotopic (exact) mass is 152 g/mol. The van der Waals surface area contributed by atoms with Crippen LogP contribution in [0.1, 0.15) is 5.56 Å². The molecule has 0 aromatic carbocycles. The summed E-state index contributed by atoms with van der Waals surface area (Å²) in [6.45, 7) is 0. The van der Waals surface area contributed by atoms with Crippen molar-refractivity contribution < 1.29 is 4.79 Å². The van der Waals surface area contributed by atoms with Crippen molar-refractivity contribution in [2.75, 3.05) is 5.73 Å². The van der Waals surface area contributed by atoms with Crippen LogP contribution in [0.3, 0.4) is 0 Å². The molecule has 0 unspecified atom stereocenters. The molecule has 5 heteroatoms. The third-order valence-electron chi connectivity index (χ3n) is 1.13. The highest BCUT2D eigenvalue weighted by molar-refractivity contribution is 5.90. The van der Waals surface area contributed by atoms with Crippen LogP contribution in [-0.2, 0) is 4.79 Å². The first kappa shape index (κ1) is 7.33. The summed E-state index contributed by atoms with van der Waals surface area (Å²) in [7, 11) is 0. The van der Waals surface area contributed by atoms with E-state index in [4.69, 9.17) is 11.5 Å². The number of nitrogen functional groups attached to an aromatic ring is 1. The fourth-order valence-electron chi connectivity index (χ4n) is 0.610. The van der Waals surface area contributed by atoms with E-state index in [1.54, 1.807) is 0 Å². The zero-order valence-electron chi connectivity index (χ0n) is 5.74. The van der Waals surface area contributed by atoms with E-state index in [9.17, 15) is 4.79 Å². The van der Waals surface area contributed by atoms with Gasteiger partial charge in [-0.2, -0.15) is 5.10 Å². The number of carbonyl (C=O) groups is 1. The number of nitrogens with two attached hydrogens (primary N) is 2. The number of nitrogens with one attached hydrogen (secondary N) is 1. The van der Waals surface area contributed by atoms with Gasteiger partial charge in [0, 0.05) is 11.6 Å². The highest BCUT2D eigenvalue weighted by Gasteiger charge is 1.94. The molecule has 0 fully saturated rings. The average molecular weight is 152 g/mol. The Morgan fingerprint density at radius 2 is 2.45 bits per heavy atom. The molecule has 1 amide bonds. The lowest BCUT2D eigenvalue weighted by Gasteiger charge is -1.85. The number of primary amides is 1. The first-order valence-corrected chi connectivity index (χ1v) is 2.96. The van der Waals surface area contributed by atoms with Gasteiger partial charge in [0.2, 0.25) is 5.91 Å². The Hall–Kier alpha value is -1.78. The minimum Gasteiger partial charge on any atom is -0.384 e. The van der Waals surface area contributed by atoms with Gasteiger partial charge in [0.15, 0.2) is 0 Å². The Morgan fingerprint density at radius 3 is 2.91 bits per heavy atom. The van der Waals surface area contributed by atoms with Gasteiger partial charge in [0.1, 0.15) is 5.82 Å². The number of hydrogen-bond acceptors (Lipinski definition) is 3. The van der Waals surface area contributed by atoms with E-state index < -0.39 is 5.91 Å². The zero-order valence-corrected chi connectivity index (χ0v) is 5.74. The molecule has 0 radical (unpaired) electrons. The third kappa shape index (κ3) is 1.82. The summed E-state index contributed by atoms with van der Waals surface area (Å²) in [5.74, 6) is -0.0897. The van der Waals surface area contributed by atoms with E-state index >= 15 is 0 Å². The van der Waals surface area contributed by atoms with Crippen molar-refractivity contribution in [3.05, 3.63) is 17.8 Å². The van der Waals surface area contributed by atoms with Crippen LogP contribution in [0.4, 0.5) is 5.82 Å². The molecule has 0 aliphatic carbocycles. The molecule has 0 saturated carbocycles. The van der Waals surface area contributed by atoms with Crippen molar-refractivity contribution in [1.82, 2.24) is 10.2 Å². The molecule has 11 heavy (non-hydrogen) atoms. The maximum Gasteiger partial charge on any atom is 0.241 e. The van der Waals surface area contributed by atoms with E-state index in [1.165, 1.54) is 18.3 Å². The maximum atomic E-state index is 10.3. The molecule has 0 aliphatic heterocycles. The number of aromatic nitrogens is 2. The number of H-pyrrole nitrogens is 1. The van der Waals surface area contributed by atoms with Crippen molar-refractivity contribution >= 4 is 17.8 Å². The summed E-state index contributed by atoms with van der Waals surface area (Å²) >= 11 is 0. The molecule has 1 aromatic rings. The first-order valence-electron chi connectivity index (χ1n) is 2.96. The lowest BCUT2D eigenvalue weighted by atomic mass is 10.3. The van der Waals surface area contributed by atoms with Gasteiger partial charge in [-0.1, -0.05) is 0 Å². The molecule has 1 rings (SSSR count). The van der Waals surface area contributed by atoms with Crippen LogP contribution in [0.25, 0.3) is 6.08 Å². The fraction of sp³-hybridized carbons (Fsp3) is 0. The van der Waals surface area contributed by atoms with Gasteiger partial charge in [0.25, 0.3) is 0 Å². The van der Waals surface area contributed by atoms with Crippen LogP contribution in [-0.4, -0.2) is 16.1 Å². The third-order valence-corrected chi connectivity index (χ3v) is 1.13. The summed E-state index contributed by atoms with van der Waals surface area (Å²) in [6, 6.07) is 0. The summed E-state index contributed by atoms with van der Waals surface area (Å²) in [5, 5.41) is 6.16. The smallest absolute Gasteiger partial charge is 0.241 e. The van der Waals surface area contributed by atoms with Gasteiger partial charge in [-0.3, -0.25) is 9.89 Å². The molecular formula is C6H8N4O. The first-order chi connectivity index (χ1) is 5.20. The molecule has 0 atom stereocenters. The second-order valence-corrected chi connectivity index (χ2v) is 1.97. The van der Waals surface area contributed by atoms with Crippen molar-refractivity contribution in [2.24, 2.45) is 5.73 Å². The Labute approximate surface area is 63.1 Å². The molecule has 0 saturated heterocycles. The van der Waals surface area contributed by atoms with Crippen molar-refractivity contribution in [1.29, 1.82) is 0 Å². The molecule has 1 aromatic heterocycles. The van der Waals surface area contributed by atoms with Gasteiger partial charge < -0.3 is 11.5 Å². The van der Waals surface area contributed by atoms with Crippen LogP contribution in [0.15, 0.2) is 12.3 Å². The Kier molecular flexibility index (Phi) is 1.91. The highest BCUT2D eigenvalue weighted by Crippen LogP contribution is 2.06. The number of anilines is 1. The van der Waals surface area contributed by atoms with E-state index in [2.05, 4.69) is 10.2 Å². The Bertz CT molecular complexity index is 289. The van der Waals surface area contributed by atoms with Gasteiger partial charge in [0.05, 0.1) is 6.20 Å². The molecular weight excluding hydrogens is 144 g/mol. The molecule has 5 nitrogen and oxygen atoms in total. The van der Waals surface area contributed by atoms with Gasteiger partial charge in [-0.15, -0.1) is 0 Å². The lowest BCUT2D eigenvalue weighted by Crippen LogP contribution is -2.05. The van der Waals surface area contributed by atoms with Crippen molar-refractivity contribution in [3.63, 3.8) is 0 Å². The Morgan fingerprint density at radius 1 is 1.73 bits per heavy atom. The standard InChI is InChI=1S/C6H8N4O/c7-5(11)2-1-4-3-9-10-6(4)8/h1-3H,(H2,7,11)(H3,8,9,10). The molecule has 0 bridgehead atoms. The topological polar surface area (TPSA) is 97.8 Å². The van der Waals surface area contributed by atoms with Gasteiger partial charge in [-0.25, -0.2) is 0 Å². The molecule has 5 N–H and O–H groups in total. The van der Waals surface area contributed by atoms with Crippen LogP contribution in [0.5, 0.6) is 0 Å². The largest absolute Gasteiger partial charge is 0.384 e. The number of hydrogen-bond donors (Lipinski definition) is 3. The average Bonchev–Trinajstić information content (AvgIpc) is 2.31. The van der Waals surface area contributed by atoms with E-state index in [1.807, 2.05) is 0 Å². The van der Waals surface area contributed by atoms with Crippen LogP contribution < -0.4 is 11.5 Å². The highest BCUT2D eigenvalue weighted by atomic mass is 16.1. The van der Waals surface area contributed by atoms with Gasteiger partial charge >= 0.3 is 0 Å². The summed E-state index contributed by atoms with van der Waals surface area (Å²) in [6.07, 6.45) is 4.23. The second kappa shape index (κ2) is 2.87. The second-order valence-electron chi connectivity index (χ2n) is 1.97. The molecule has 0 aliphatic rings. The zero-order chi connectivity index (χ0) is 8.27. The summed E-state index contributed by atoms with van der Waals surface area (Å²) < 4.78 is 0. The minimum atomic E-state index is -0.509. The molecule has 58 valence electrons. The van der Waals surface area contributed by atoms with Crippen LogP contribution >= 0.6 is 0 Å². The number of rotatable bonds is 2.